The van der Waals surface area contributed by atoms with E-state index in [2.05, 4.69) is 33.0 Å². The van der Waals surface area contributed by atoms with Crippen LogP contribution in [0, 0.1) is 16.2 Å². The van der Waals surface area contributed by atoms with Crippen LogP contribution in [0.3, 0.4) is 0 Å². The molecule has 1 nitrogen and oxygen atoms in total. The van der Waals surface area contributed by atoms with E-state index in [0.717, 1.165) is 0 Å². The fourth-order valence-corrected chi connectivity index (χ4v) is 3.14. The molecule has 70 valence electrons. The van der Waals surface area contributed by atoms with Crippen molar-refractivity contribution in [3.63, 3.8) is 0 Å². The molecule has 1 heteroatoms. The Morgan fingerprint density at radius 1 is 0.833 bits per heavy atom. The van der Waals surface area contributed by atoms with Crippen LogP contribution in [0.15, 0.2) is 0 Å². The van der Waals surface area contributed by atoms with Crippen LogP contribution >= 0.6 is 0 Å². The predicted molar refractivity (Wildman–Crippen MR) is 52.1 cm³/mol. The molecular weight excluding hydrogens is 146 g/mol. The van der Waals surface area contributed by atoms with Crippen LogP contribution in [0.1, 0.15) is 40.5 Å². The molecule has 0 aromatic rings. The molecule has 1 N–H and O–H groups in total. The van der Waals surface area contributed by atoms with E-state index in [-0.39, 0.29) is 0 Å². The topological polar surface area (TPSA) is 12.0 Å². The zero-order valence-electron chi connectivity index (χ0n) is 8.83. The van der Waals surface area contributed by atoms with Gasteiger partial charge in [-0.1, -0.05) is 27.7 Å². The summed E-state index contributed by atoms with van der Waals surface area (Å²) in [6.45, 7) is 12.3. The fraction of sp³-hybridized carbons (Fsp3) is 1.00. The van der Waals surface area contributed by atoms with E-state index in [1.54, 1.807) is 0 Å². The van der Waals surface area contributed by atoms with Crippen LogP contribution in [-0.2, 0) is 0 Å². The van der Waals surface area contributed by atoms with Gasteiger partial charge in [0.15, 0.2) is 0 Å². The van der Waals surface area contributed by atoms with Crippen LogP contribution in [-0.4, -0.2) is 13.1 Å². The van der Waals surface area contributed by atoms with Crippen molar-refractivity contribution in [3.05, 3.63) is 0 Å². The van der Waals surface area contributed by atoms with Gasteiger partial charge < -0.3 is 5.32 Å². The third kappa shape index (κ3) is 0.736. The minimum Gasteiger partial charge on any atom is -0.316 e. The van der Waals surface area contributed by atoms with Crippen molar-refractivity contribution in [2.75, 3.05) is 13.1 Å². The van der Waals surface area contributed by atoms with Gasteiger partial charge in [0.25, 0.3) is 0 Å². The SMILES string of the molecule is CC12CCC(C)(CNC1)C2(C)C. The Kier molecular flexibility index (Phi) is 1.47. The standard InChI is InChI=1S/C11H21N/c1-9(2)10(3)5-6-11(9,4)8-12-7-10/h12H,5-8H2,1-4H3. The summed E-state index contributed by atoms with van der Waals surface area (Å²) in [7, 11) is 0. The van der Waals surface area contributed by atoms with E-state index in [1.807, 2.05) is 0 Å². The van der Waals surface area contributed by atoms with E-state index in [9.17, 15) is 0 Å². The summed E-state index contributed by atoms with van der Waals surface area (Å²) in [5, 5.41) is 3.58. The van der Waals surface area contributed by atoms with Crippen LogP contribution in [0.4, 0.5) is 0 Å². The molecule has 2 aliphatic rings. The summed E-state index contributed by atoms with van der Waals surface area (Å²) in [4.78, 5) is 0. The molecule has 2 fully saturated rings. The molecule has 2 rings (SSSR count). The number of piperidine rings is 1. The van der Waals surface area contributed by atoms with Gasteiger partial charge in [-0.2, -0.15) is 0 Å². The molecule has 0 spiro atoms. The van der Waals surface area contributed by atoms with Crippen molar-refractivity contribution in [2.45, 2.75) is 40.5 Å². The van der Waals surface area contributed by atoms with Gasteiger partial charge in [-0.3, -0.25) is 0 Å². The van der Waals surface area contributed by atoms with E-state index >= 15 is 0 Å². The van der Waals surface area contributed by atoms with Crippen LogP contribution in [0.5, 0.6) is 0 Å². The summed E-state index contributed by atoms with van der Waals surface area (Å²) in [5.41, 5.74) is 1.60. The van der Waals surface area contributed by atoms with Crippen molar-refractivity contribution >= 4 is 0 Å². The molecule has 1 saturated heterocycles. The summed E-state index contributed by atoms with van der Waals surface area (Å²) >= 11 is 0. The molecule has 0 aromatic heterocycles. The Morgan fingerprint density at radius 2 is 1.25 bits per heavy atom. The van der Waals surface area contributed by atoms with Gasteiger partial charge in [0.05, 0.1) is 0 Å². The summed E-state index contributed by atoms with van der Waals surface area (Å²) < 4.78 is 0. The van der Waals surface area contributed by atoms with Crippen LogP contribution in [0.2, 0.25) is 0 Å². The Labute approximate surface area is 75.9 Å². The van der Waals surface area contributed by atoms with Crippen molar-refractivity contribution in [3.8, 4) is 0 Å². The molecule has 1 saturated carbocycles. The number of nitrogens with one attached hydrogen (secondary N) is 1. The molecule has 0 aromatic carbocycles. The fourth-order valence-electron chi connectivity index (χ4n) is 3.14. The lowest BCUT2D eigenvalue weighted by Crippen LogP contribution is -2.55. The summed E-state index contributed by atoms with van der Waals surface area (Å²) in [5.74, 6) is 0. The van der Waals surface area contributed by atoms with E-state index < -0.39 is 0 Å². The molecule has 2 unspecified atom stereocenters. The molecule has 1 aliphatic heterocycles. The maximum absolute atomic E-state index is 3.58. The highest BCUT2D eigenvalue weighted by Gasteiger charge is 2.59. The summed E-state index contributed by atoms with van der Waals surface area (Å²) in [6, 6.07) is 0. The second kappa shape index (κ2) is 2.06. The first-order chi connectivity index (χ1) is 5.41. The largest absolute Gasteiger partial charge is 0.316 e. The third-order valence-electron chi connectivity index (χ3n) is 5.28. The quantitative estimate of drug-likeness (QED) is 0.584. The minimum atomic E-state index is 0.519. The highest BCUT2D eigenvalue weighted by molar-refractivity contribution is 5.11. The molecule has 1 aliphatic carbocycles. The van der Waals surface area contributed by atoms with Crippen molar-refractivity contribution in [1.29, 1.82) is 0 Å². The Hall–Kier alpha value is -0.0400. The maximum Gasteiger partial charge on any atom is 0.00107 e. The first-order valence-corrected chi connectivity index (χ1v) is 5.12. The predicted octanol–water partition coefficient (Wildman–Crippen LogP) is 2.42. The van der Waals surface area contributed by atoms with Gasteiger partial charge in [0.1, 0.15) is 0 Å². The minimum absolute atomic E-state index is 0.519. The first kappa shape index (κ1) is 8.55. The zero-order valence-corrected chi connectivity index (χ0v) is 8.83. The lowest BCUT2D eigenvalue weighted by Gasteiger charge is -2.52. The van der Waals surface area contributed by atoms with Gasteiger partial charge in [0, 0.05) is 13.1 Å². The smallest absolute Gasteiger partial charge is 0.00107 e. The molecule has 0 amide bonds. The van der Waals surface area contributed by atoms with Crippen LogP contribution in [0.25, 0.3) is 0 Å². The van der Waals surface area contributed by atoms with Crippen molar-refractivity contribution in [1.82, 2.24) is 5.32 Å². The molecular formula is C11H21N. The Morgan fingerprint density at radius 3 is 1.58 bits per heavy atom. The van der Waals surface area contributed by atoms with E-state index in [4.69, 9.17) is 0 Å². The maximum atomic E-state index is 3.58. The molecule has 2 atom stereocenters. The first-order valence-electron chi connectivity index (χ1n) is 5.12. The van der Waals surface area contributed by atoms with Crippen LogP contribution < -0.4 is 5.32 Å². The van der Waals surface area contributed by atoms with E-state index in [1.165, 1.54) is 25.9 Å². The van der Waals surface area contributed by atoms with Gasteiger partial charge >= 0.3 is 0 Å². The van der Waals surface area contributed by atoms with Gasteiger partial charge in [0.2, 0.25) is 0 Å². The number of rotatable bonds is 0. The monoisotopic (exact) mass is 167 g/mol. The number of hydrogen-bond acceptors (Lipinski definition) is 1. The normalized spacial score (nSPS) is 51.0. The lowest BCUT2D eigenvalue weighted by atomic mass is 9.57. The molecule has 2 bridgehead atoms. The average molecular weight is 167 g/mol. The average Bonchev–Trinajstić information content (AvgIpc) is 2.17. The Bertz CT molecular complexity index is 189. The number of hydrogen-bond donors (Lipinski definition) is 1. The molecule has 12 heavy (non-hydrogen) atoms. The van der Waals surface area contributed by atoms with Gasteiger partial charge in [-0.05, 0) is 29.1 Å². The molecule has 1 heterocycles. The zero-order chi connectivity index (χ0) is 9.04. The van der Waals surface area contributed by atoms with Gasteiger partial charge in [-0.25, -0.2) is 0 Å². The second-order valence-electron chi connectivity index (χ2n) is 5.85. The van der Waals surface area contributed by atoms with E-state index in [0.29, 0.717) is 16.2 Å². The highest BCUT2D eigenvalue weighted by atomic mass is 15.0. The van der Waals surface area contributed by atoms with Gasteiger partial charge in [-0.15, -0.1) is 0 Å². The lowest BCUT2D eigenvalue weighted by molar-refractivity contribution is -0.00672. The highest BCUT2D eigenvalue weighted by Crippen LogP contribution is 2.63. The third-order valence-corrected chi connectivity index (χ3v) is 5.28. The van der Waals surface area contributed by atoms with Crippen molar-refractivity contribution in [2.24, 2.45) is 16.2 Å². The number of fused-ring (bicyclic) bond motifs is 2. The van der Waals surface area contributed by atoms with Crippen molar-refractivity contribution < 1.29 is 0 Å². The summed E-state index contributed by atoms with van der Waals surface area (Å²) in [6.07, 6.45) is 2.81. The second-order valence-corrected chi connectivity index (χ2v) is 5.85. The Balaban J connectivity index is 2.42. The molecule has 0 radical (unpaired) electrons.